The average Bonchev–Trinajstić information content (AvgIpc) is 2.80. The maximum absolute atomic E-state index is 12.8. The van der Waals surface area contributed by atoms with Gasteiger partial charge < -0.3 is 5.11 Å². The van der Waals surface area contributed by atoms with Crippen molar-refractivity contribution in [1.29, 1.82) is 0 Å². The summed E-state index contributed by atoms with van der Waals surface area (Å²) in [6.45, 7) is 1.96. The molecule has 23 heavy (non-hydrogen) atoms. The molecule has 0 aliphatic carbocycles. The third-order valence-electron chi connectivity index (χ3n) is 3.86. The van der Waals surface area contributed by atoms with Crippen molar-refractivity contribution in [3.63, 3.8) is 0 Å². The van der Waals surface area contributed by atoms with E-state index in [0.29, 0.717) is 27.3 Å². The van der Waals surface area contributed by atoms with Gasteiger partial charge in [0.15, 0.2) is 0 Å². The van der Waals surface area contributed by atoms with Gasteiger partial charge in [-0.3, -0.25) is 9.38 Å². The van der Waals surface area contributed by atoms with Crippen molar-refractivity contribution in [2.75, 3.05) is 0 Å². The molecule has 2 aromatic heterocycles. The van der Waals surface area contributed by atoms with Gasteiger partial charge in [-0.2, -0.15) is 0 Å². The predicted molar refractivity (Wildman–Crippen MR) is 89.7 cm³/mol. The maximum Gasteiger partial charge on any atom is 0.340 e. The maximum atomic E-state index is 12.8. The molecule has 0 radical (unpaired) electrons. The van der Waals surface area contributed by atoms with Crippen molar-refractivity contribution >= 4 is 28.2 Å². The van der Waals surface area contributed by atoms with Gasteiger partial charge in [0, 0.05) is 5.02 Å². The molecule has 4 rings (SSSR count). The first-order valence-electron chi connectivity index (χ1n) is 7.04. The van der Waals surface area contributed by atoms with Crippen LogP contribution in [0, 0.1) is 6.92 Å². The standard InChI is InChI=1S/C17H12ClN3O2/c1-10-2-5-12(6-3-10)20-16(22)15-9-19-13-8-11(18)4-7-14(13)21(15)17(20)23/h2-9,22H,1H3. The molecule has 114 valence electrons. The summed E-state index contributed by atoms with van der Waals surface area (Å²) in [7, 11) is 0. The molecule has 5 nitrogen and oxygen atoms in total. The Morgan fingerprint density at radius 3 is 2.57 bits per heavy atom. The quantitative estimate of drug-likeness (QED) is 0.584. The van der Waals surface area contributed by atoms with Crippen molar-refractivity contribution < 1.29 is 5.11 Å². The Kier molecular flexibility index (Phi) is 2.92. The van der Waals surface area contributed by atoms with Gasteiger partial charge >= 0.3 is 5.69 Å². The van der Waals surface area contributed by atoms with E-state index in [1.54, 1.807) is 30.3 Å². The molecule has 2 heterocycles. The third kappa shape index (κ3) is 2.01. The fourth-order valence-electron chi connectivity index (χ4n) is 2.70. The molecule has 4 aromatic rings. The molecule has 2 aromatic carbocycles. The molecule has 1 N–H and O–H groups in total. The topological polar surface area (TPSA) is 59.5 Å². The van der Waals surface area contributed by atoms with Crippen LogP contribution in [0.2, 0.25) is 5.02 Å². The Hall–Kier alpha value is -2.79. The van der Waals surface area contributed by atoms with Crippen LogP contribution in [0.25, 0.3) is 22.2 Å². The first kappa shape index (κ1) is 13.8. The van der Waals surface area contributed by atoms with Crippen molar-refractivity contribution in [3.05, 3.63) is 69.7 Å². The summed E-state index contributed by atoms with van der Waals surface area (Å²) in [5, 5.41) is 11.0. The Labute approximate surface area is 136 Å². The van der Waals surface area contributed by atoms with Crippen LogP contribution in [0.15, 0.2) is 53.5 Å². The smallest absolute Gasteiger partial charge is 0.340 e. The van der Waals surface area contributed by atoms with E-state index in [9.17, 15) is 9.90 Å². The molecule has 6 heteroatoms. The summed E-state index contributed by atoms with van der Waals surface area (Å²) >= 11 is 5.97. The first-order chi connectivity index (χ1) is 11.1. The van der Waals surface area contributed by atoms with Gasteiger partial charge in [0.1, 0.15) is 5.52 Å². The highest BCUT2D eigenvalue weighted by molar-refractivity contribution is 6.31. The van der Waals surface area contributed by atoms with Crippen LogP contribution < -0.4 is 5.69 Å². The molecule has 0 aliphatic rings. The molecule has 0 fully saturated rings. The second-order valence-corrected chi connectivity index (χ2v) is 5.83. The summed E-state index contributed by atoms with van der Waals surface area (Å²) in [5.74, 6) is -0.136. The highest BCUT2D eigenvalue weighted by Crippen LogP contribution is 2.25. The van der Waals surface area contributed by atoms with Crippen LogP contribution in [0.3, 0.4) is 0 Å². The molecule has 0 amide bonds. The average molecular weight is 326 g/mol. The summed E-state index contributed by atoms with van der Waals surface area (Å²) in [6.07, 6.45) is 1.47. The number of hydrogen-bond acceptors (Lipinski definition) is 3. The van der Waals surface area contributed by atoms with Crippen LogP contribution >= 0.6 is 11.6 Å². The van der Waals surface area contributed by atoms with Crippen LogP contribution in [-0.2, 0) is 0 Å². The van der Waals surface area contributed by atoms with Crippen LogP contribution in [0.1, 0.15) is 5.56 Å². The van der Waals surface area contributed by atoms with Gasteiger partial charge in [-0.15, -0.1) is 0 Å². The van der Waals surface area contributed by atoms with Crippen molar-refractivity contribution in [2.45, 2.75) is 6.92 Å². The lowest BCUT2D eigenvalue weighted by Gasteiger charge is -2.02. The molecule has 0 spiro atoms. The number of fused-ring (bicyclic) bond motifs is 3. The Morgan fingerprint density at radius 2 is 1.83 bits per heavy atom. The summed E-state index contributed by atoms with van der Waals surface area (Å²) < 4.78 is 2.71. The van der Waals surface area contributed by atoms with Gasteiger partial charge in [-0.25, -0.2) is 9.36 Å². The zero-order valence-corrected chi connectivity index (χ0v) is 12.9. The van der Waals surface area contributed by atoms with E-state index < -0.39 is 0 Å². The second-order valence-electron chi connectivity index (χ2n) is 5.39. The van der Waals surface area contributed by atoms with E-state index in [4.69, 9.17) is 11.6 Å². The molecular weight excluding hydrogens is 314 g/mol. The number of aromatic hydroxyl groups is 1. The molecule has 0 saturated heterocycles. The molecule has 0 atom stereocenters. The lowest BCUT2D eigenvalue weighted by Crippen LogP contribution is -2.19. The lowest BCUT2D eigenvalue weighted by atomic mass is 10.2. The van der Waals surface area contributed by atoms with E-state index >= 15 is 0 Å². The molecule has 0 aliphatic heterocycles. The van der Waals surface area contributed by atoms with E-state index in [0.717, 1.165) is 5.56 Å². The molecular formula is C17H12ClN3O2. The first-order valence-corrected chi connectivity index (χ1v) is 7.42. The monoisotopic (exact) mass is 325 g/mol. The largest absolute Gasteiger partial charge is 0.493 e. The third-order valence-corrected chi connectivity index (χ3v) is 4.10. The van der Waals surface area contributed by atoms with Gasteiger partial charge in [0.05, 0.1) is 22.9 Å². The van der Waals surface area contributed by atoms with Gasteiger partial charge in [-0.05, 0) is 37.3 Å². The highest BCUT2D eigenvalue weighted by atomic mass is 35.5. The minimum atomic E-state index is -0.351. The van der Waals surface area contributed by atoms with E-state index in [1.165, 1.54) is 15.2 Å². The number of aryl methyl sites for hydroxylation is 1. The summed E-state index contributed by atoms with van der Waals surface area (Å²) in [6, 6.07) is 12.5. The number of rotatable bonds is 1. The number of imidazole rings is 1. The molecule has 0 unspecified atom stereocenters. The highest BCUT2D eigenvalue weighted by Gasteiger charge is 2.17. The van der Waals surface area contributed by atoms with E-state index in [1.807, 2.05) is 19.1 Å². The Morgan fingerprint density at radius 1 is 1.09 bits per heavy atom. The van der Waals surface area contributed by atoms with Gasteiger partial charge in [-0.1, -0.05) is 29.3 Å². The van der Waals surface area contributed by atoms with E-state index in [2.05, 4.69) is 4.98 Å². The van der Waals surface area contributed by atoms with Crippen LogP contribution in [0.5, 0.6) is 5.88 Å². The number of aromatic nitrogens is 3. The van der Waals surface area contributed by atoms with Crippen molar-refractivity contribution in [3.8, 4) is 11.6 Å². The van der Waals surface area contributed by atoms with Gasteiger partial charge in [0.25, 0.3) is 0 Å². The fourth-order valence-corrected chi connectivity index (χ4v) is 2.87. The fraction of sp³-hybridized carbons (Fsp3) is 0.0588. The number of halogens is 1. The minimum Gasteiger partial charge on any atom is -0.493 e. The Bertz CT molecular complexity index is 1110. The molecule has 0 bridgehead atoms. The summed E-state index contributed by atoms with van der Waals surface area (Å²) in [4.78, 5) is 17.1. The number of benzene rings is 2. The number of nitrogens with zero attached hydrogens (tertiary/aromatic N) is 3. The van der Waals surface area contributed by atoms with Crippen molar-refractivity contribution in [2.24, 2.45) is 0 Å². The van der Waals surface area contributed by atoms with Crippen LogP contribution in [-0.4, -0.2) is 19.1 Å². The zero-order chi connectivity index (χ0) is 16.1. The predicted octanol–water partition coefficient (Wildman–Crippen LogP) is 3.31. The molecule has 0 saturated carbocycles. The van der Waals surface area contributed by atoms with E-state index in [-0.39, 0.29) is 11.6 Å². The lowest BCUT2D eigenvalue weighted by molar-refractivity contribution is 0.446. The number of hydrogen-bond donors (Lipinski definition) is 1. The minimum absolute atomic E-state index is 0.136. The Balaban J connectivity index is 2.13. The van der Waals surface area contributed by atoms with Crippen molar-refractivity contribution in [1.82, 2.24) is 14.0 Å². The SMILES string of the molecule is Cc1ccc(-n2c(O)c3cnc4cc(Cl)ccc4n3c2=O)cc1. The normalized spacial score (nSPS) is 11.4. The summed E-state index contributed by atoms with van der Waals surface area (Å²) in [5.41, 5.74) is 2.86. The second kappa shape index (κ2) is 4.86. The zero-order valence-electron chi connectivity index (χ0n) is 12.2. The van der Waals surface area contributed by atoms with Gasteiger partial charge in [0.2, 0.25) is 5.88 Å². The van der Waals surface area contributed by atoms with Crippen LogP contribution in [0.4, 0.5) is 0 Å².